The molecule has 1 unspecified atom stereocenters. The third-order valence-electron chi connectivity index (χ3n) is 2.92. The van der Waals surface area contributed by atoms with E-state index in [-0.39, 0.29) is 11.9 Å². The Labute approximate surface area is 112 Å². The number of hydrogen-bond acceptors (Lipinski definition) is 3. The third kappa shape index (κ3) is 3.69. The molecule has 0 saturated carbocycles. The van der Waals surface area contributed by atoms with Crippen LogP contribution in [0.5, 0.6) is 0 Å². The van der Waals surface area contributed by atoms with Crippen LogP contribution in [-0.2, 0) is 11.2 Å². The molecule has 0 radical (unpaired) electrons. The molecule has 1 aromatic carbocycles. The second kappa shape index (κ2) is 6.20. The molecule has 0 bridgehead atoms. The summed E-state index contributed by atoms with van der Waals surface area (Å²) in [5.41, 5.74) is 6.74. The van der Waals surface area contributed by atoms with Gasteiger partial charge in [0.2, 0.25) is 5.91 Å². The van der Waals surface area contributed by atoms with Gasteiger partial charge in [-0.2, -0.15) is 0 Å². The van der Waals surface area contributed by atoms with Gasteiger partial charge in [-0.3, -0.25) is 4.79 Å². The van der Waals surface area contributed by atoms with E-state index in [0.717, 1.165) is 11.3 Å². The van der Waals surface area contributed by atoms with E-state index in [1.165, 1.54) is 0 Å². The number of carbonyl (C=O) groups excluding carboxylic acids is 1. The highest BCUT2D eigenvalue weighted by Crippen LogP contribution is 2.10. The van der Waals surface area contributed by atoms with Gasteiger partial charge in [0.25, 0.3) is 0 Å². The molecule has 19 heavy (non-hydrogen) atoms. The Morgan fingerprint density at radius 1 is 1.26 bits per heavy atom. The summed E-state index contributed by atoms with van der Waals surface area (Å²) >= 11 is 0. The second-order valence-corrected chi connectivity index (χ2v) is 4.58. The molecule has 2 aromatic rings. The molecule has 0 fully saturated rings. The fraction of sp³-hybridized carbons (Fsp3) is 0.267. The lowest BCUT2D eigenvalue weighted by molar-refractivity contribution is -0.123. The summed E-state index contributed by atoms with van der Waals surface area (Å²) < 4.78 is 5.25. The minimum Gasteiger partial charge on any atom is -0.469 e. The zero-order chi connectivity index (χ0) is 13.7. The van der Waals surface area contributed by atoms with Crippen molar-refractivity contribution < 1.29 is 9.21 Å². The SMILES string of the molecule is CC(Cc1ccco1)NC(=O)[C@H](N)c1ccccc1. The Balaban J connectivity index is 1.90. The third-order valence-corrected chi connectivity index (χ3v) is 2.92. The molecule has 1 amide bonds. The predicted molar refractivity (Wildman–Crippen MR) is 73.4 cm³/mol. The Morgan fingerprint density at radius 3 is 2.63 bits per heavy atom. The van der Waals surface area contributed by atoms with Gasteiger partial charge in [0.15, 0.2) is 0 Å². The molecule has 0 spiro atoms. The minimum atomic E-state index is -0.639. The number of rotatable bonds is 5. The van der Waals surface area contributed by atoms with E-state index in [1.54, 1.807) is 6.26 Å². The van der Waals surface area contributed by atoms with E-state index < -0.39 is 6.04 Å². The van der Waals surface area contributed by atoms with Crippen LogP contribution in [0.4, 0.5) is 0 Å². The van der Waals surface area contributed by atoms with Crippen molar-refractivity contribution in [1.82, 2.24) is 5.32 Å². The maximum atomic E-state index is 12.0. The number of nitrogens with one attached hydrogen (secondary N) is 1. The first-order valence-electron chi connectivity index (χ1n) is 6.30. The molecular weight excluding hydrogens is 240 g/mol. The van der Waals surface area contributed by atoms with Crippen LogP contribution in [0.3, 0.4) is 0 Å². The monoisotopic (exact) mass is 258 g/mol. The van der Waals surface area contributed by atoms with Crippen molar-refractivity contribution in [3.8, 4) is 0 Å². The molecule has 1 heterocycles. The van der Waals surface area contributed by atoms with Gasteiger partial charge in [-0.25, -0.2) is 0 Å². The molecule has 2 atom stereocenters. The topological polar surface area (TPSA) is 68.3 Å². The zero-order valence-electron chi connectivity index (χ0n) is 10.9. The molecule has 1 aromatic heterocycles. The van der Waals surface area contributed by atoms with Gasteiger partial charge in [-0.15, -0.1) is 0 Å². The normalized spacial score (nSPS) is 13.8. The van der Waals surface area contributed by atoms with E-state index in [1.807, 2.05) is 49.4 Å². The predicted octanol–water partition coefficient (Wildman–Crippen LogP) is 2.03. The van der Waals surface area contributed by atoms with Crippen molar-refractivity contribution >= 4 is 5.91 Å². The summed E-state index contributed by atoms with van der Waals surface area (Å²) in [5.74, 6) is 0.673. The summed E-state index contributed by atoms with van der Waals surface area (Å²) in [6.45, 7) is 1.93. The van der Waals surface area contributed by atoms with Gasteiger partial charge in [0.05, 0.1) is 6.26 Å². The van der Waals surface area contributed by atoms with E-state index in [0.29, 0.717) is 6.42 Å². The van der Waals surface area contributed by atoms with Gasteiger partial charge in [-0.1, -0.05) is 30.3 Å². The molecule has 0 aliphatic carbocycles. The van der Waals surface area contributed by atoms with E-state index in [2.05, 4.69) is 5.32 Å². The van der Waals surface area contributed by atoms with Crippen molar-refractivity contribution in [2.75, 3.05) is 0 Å². The van der Waals surface area contributed by atoms with Gasteiger partial charge in [-0.05, 0) is 24.6 Å². The number of amides is 1. The average Bonchev–Trinajstić information content (AvgIpc) is 2.91. The first-order chi connectivity index (χ1) is 9.16. The zero-order valence-corrected chi connectivity index (χ0v) is 10.9. The smallest absolute Gasteiger partial charge is 0.241 e. The second-order valence-electron chi connectivity index (χ2n) is 4.58. The number of carbonyl (C=O) groups is 1. The van der Waals surface area contributed by atoms with E-state index in [4.69, 9.17) is 10.2 Å². The van der Waals surface area contributed by atoms with Gasteiger partial charge in [0, 0.05) is 12.5 Å². The first-order valence-corrected chi connectivity index (χ1v) is 6.30. The molecule has 4 nitrogen and oxygen atoms in total. The van der Waals surface area contributed by atoms with E-state index in [9.17, 15) is 4.79 Å². The van der Waals surface area contributed by atoms with Gasteiger partial charge in [0.1, 0.15) is 11.8 Å². The number of nitrogens with two attached hydrogens (primary N) is 1. The van der Waals surface area contributed by atoms with Gasteiger partial charge >= 0.3 is 0 Å². The lowest BCUT2D eigenvalue weighted by Gasteiger charge is -2.17. The van der Waals surface area contributed by atoms with Crippen molar-refractivity contribution in [1.29, 1.82) is 0 Å². The fourth-order valence-electron chi connectivity index (χ4n) is 1.93. The molecule has 0 aliphatic heterocycles. The maximum Gasteiger partial charge on any atom is 0.241 e. The summed E-state index contributed by atoms with van der Waals surface area (Å²) in [7, 11) is 0. The van der Waals surface area contributed by atoms with Crippen LogP contribution in [-0.4, -0.2) is 11.9 Å². The Kier molecular flexibility index (Phi) is 4.36. The summed E-state index contributed by atoms with van der Waals surface area (Å²) in [6, 6.07) is 12.4. The molecule has 3 N–H and O–H groups in total. The van der Waals surface area contributed by atoms with Gasteiger partial charge < -0.3 is 15.5 Å². The standard InChI is InChI=1S/C15H18N2O2/c1-11(10-13-8-5-9-19-13)17-15(18)14(16)12-6-3-2-4-7-12/h2-9,11,14H,10,16H2,1H3,(H,17,18)/t11?,14-/m1/s1. The Bertz CT molecular complexity index is 508. The van der Waals surface area contributed by atoms with Crippen LogP contribution in [0.15, 0.2) is 53.1 Å². The molecule has 100 valence electrons. The van der Waals surface area contributed by atoms with Crippen LogP contribution in [0, 0.1) is 0 Å². The van der Waals surface area contributed by atoms with Crippen LogP contribution in [0.1, 0.15) is 24.3 Å². The molecule has 0 saturated heterocycles. The van der Waals surface area contributed by atoms with Crippen LogP contribution in [0.25, 0.3) is 0 Å². The lowest BCUT2D eigenvalue weighted by Crippen LogP contribution is -2.40. The molecule has 4 heteroatoms. The summed E-state index contributed by atoms with van der Waals surface area (Å²) in [4.78, 5) is 12.0. The van der Waals surface area contributed by atoms with Crippen LogP contribution in [0.2, 0.25) is 0 Å². The lowest BCUT2D eigenvalue weighted by atomic mass is 10.1. The average molecular weight is 258 g/mol. The molecule has 2 rings (SSSR count). The highest BCUT2D eigenvalue weighted by Gasteiger charge is 2.17. The number of furan rings is 1. The molecule has 0 aliphatic rings. The molecular formula is C15H18N2O2. The van der Waals surface area contributed by atoms with Crippen molar-refractivity contribution in [3.63, 3.8) is 0 Å². The van der Waals surface area contributed by atoms with Crippen molar-refractivity contribution in [3.05, 3.63) is 60.1 Å². The summed E-state index contributed by atoms with van der Waals surface area (Å²) in [6.07, 6.45) is 2.28. The summed E-state index contributed by atoms with van der Waals surface area (Å²) in [5, 5.41) is 2.89. The largest absolute Gasteiger partial charge is 0.469 e. The maximum absolute atomic E-state index is 12.0. The minimum absolute atomic E-state index is 0.0200. The first kappa shape index (κ1) is 13.4. The Hall–Kier alpha value is -2.07. The van der Waals surface area contributed by atoms with Crippen molar-refractivity contribution in [2.24, 2.45) is 5.73 Å². The van der Waals surface area contributed by atoms with E-state index >= 15 is 0 Å². The van der Waals surface area contributed by atoms with Crippen molar-refractivity contribution in [2.45, 2.75) is 25.4 Å². The van der Waals surface area contributed by atoms with Crippen LogP contribution >= 0.6 is 0 Å². The quantitative estimate of drug-likeness (QED) is 0.862. The number of benzene rings is 1. The highest BCUT2D eigenvalue weighted by atomic mass is 16.3. The Morgan fingerprint density at radius 2 is 2.00 bits per heavy atom. The fourth-order valence-corrected chi connectivity index (χ4v) is 1.93. The van der Waals surface area contributed by atoms with Crippen LogP contribution < -0.4 is 11.1 Å². The number of hydrogen-bond donors (Lipinski definition) is 2. The highest BCUT2D eigenvalue weighted by molar-refractivity contribution is 5.83.